The maximum atomic E-state index is 5.94. The average Bonchev–Trinajstić information content (AvgIpc) is 2.97. The highest BCUT2D eigenvalue weighted by atomic mass is 32.1. The van der Waals surface area contributed by atoms with Gasteiger partial charge in [0.05, 0.1) is 0 Å². The molecule has 18 heavy (non-hydrogen) atoms. The largest absolute Gasteiger partial charge is 0.328 e. The molecule has 0 amide bonds. The molecule has 2 N–H and O–H groups in total. The van der Waals surface area contributed by atoms with E-state index in [1.807, 2.05) is 4.68 Å². The summed E-state index contributed by atoms with van der Waals surface area (Å²) in [5, 5.41) is 4.59. The van der Waals surface area contributed by atoms with Crippen LogP contribution in [0.1, 0.15) is 41.3 Å². The Labute approximate surface area is 112 Å². The maximum Gasteiger partial charge on any atom is 0.150 e. The van der Waals surface area contributed by atoms with Gasteiger partial charge in [0.25, 0.3) is 0 Å². The molecule has 2 aromatic heterocycles. The number of aryl methyl sites for hydroxylation is 3. The number of hydrogen-bond acceptors (Lipinski definition) is 4. The van der Waals surface area contributed by atoms with Crippen molar-refractivity contribution >= 4 is 11.3 Å². The van der Waals surface area contributed by atoms with Gasteiger partial charge in [-0.2, -0.15) is 5.10 Å². The first-order valence-corrected chi connectivity index (χ1v) is 7.21. The van der Waals surface area contributed by atoms with Crippen LogP contribution in [0.2, 0.25) is 0 Å². The van der Waals surface area contributed by atoms with Crippen molar-refractivity contribution in [3.8, 4) is 0 Å². The van der Waals surface area contributed by atoms with Crippen LogP contribution in [-0.2, 0) is 12.8 Å². The lowest BCUT2D eigenvalue weighted by Gasteiger charge is -2.15. The van der Waals surface area contributed by atoms with Gasteiger partial charge in [0.15, 0.2) is 5.82 Å². The monoisotopic (exact) mass is 264 g/mol. The predicted molar refractivity (Wildman–Crippen MR) is 75.0 cm³/mol. The van der Waals surface area contributed by atoms with Gasteiger partial charge >= 0.3 is 0 Å². The summed E-state index contributed by atoms with van der Waals surface area (Å²) in [5.41, 5.74) is 5.94. The zero-order valence-corrected chi connectivity index (χ0v) is 12.0. The van der Waals surface area contributed by atoms with Crippen molar-refractivity contribution in [3.63, 3.8) is 0 Å². The fourth-order valence-corrected chi connectivity index (χ4v) is 2.99. The predicted octanol–water partition coefficient (Wildman–Crippen LogP) is 2.32. The number of nitrogens with zero attached hydrogens (tertiary/aromatic N) is 3. The van der Waals surface area contributed by atoms with E-state index in [2.05, 4.69) is 43.0 Å². The van der Waals surface area contributed by atoms with E-state index in [0.29, 0.717) is 6.54 Å². The SMILES string of the molecule is CCc1nc(CC)n(C(CN)c2ccc(C)s2)n1. The summed E-state index contributed by atoms with van der Waals surface area (Å²) >= 11 is 1.78. The van der Waals surface area contributed by atoms with E-state index >= 15 is 0 Å². The summed E-state index contributed by atoms with van der Waals surface area (Å²) in [7, 11) is 0. The smallest absolute Gasteiger partial charge is 0.150 e. The van der Waals surface area contributed by atoms with Crippen molar-refractivity contribution in [2.24, 2.45) is 5.73 Å². The van der Waals surface area contributed by atoms with Gasteiger partial charge in [-0.1, -0.05) is 13.8 Å². The molecule has 0 saturated carbocycles. The molecule has 5 heteroatoms. The summed E-state index contributed by atoms with van der Waals surface area (Å²) in [6.45, 7) is 6.85. The summed E-state index contributed by atoms with van der Waals surface area (Å²) < 4.78 is 2.00. The number of aromatic nitrogens is 3. The minimum atomic E-state index is 0.117. The molecule has 4 nitrogen and oxygen atoms in total. The first-order chi connectivity index (χ1) is 8.69. The molecule has 98 valence electrons. The normalized spacial score (nSPS) is 12.9. The molecular weight excluding hydrogens is 244 g/mol. The molecule has 2 aromatic rings. The second-order valence-electron chi connectivity index (χ2n) is 4.30. The van der Waals surface area contributed by atoms with Crippen molar-refractivity contribution in [2.75, 3.05) is 6.54 Å². The van der Waals surface area contributed by atoms with E-state index in [-0.39, 0.29) is 6.04 Å². The van der Waals surface area contributed by atoms with Crippen LogP contribution in [-0.4, -0.2) is 21.3 Å². The van der Waals surface area contributed by atoms with Crippen molar-refractivity contribution < 1.29 is 0 Å². The summed E-state index contributed by atoms with van der Waals surface area (Å²) in [4.78, 5) is 7.11. The topological polar surface area (TPSA) is 56.7 Å². The zero-order chi connectivity index (χ0) is 13.1. The molecular formula is C13H20N4S. The molecule has 2 rings (SSSR count). The van der Waals surface area contributed by atoms with Gasteiger partial charge in [0.2, 0.25) is 0 Å². The highest BCUT2D eigenvalue weighted by Crippen LogP contribution is 2.26. The molecule has 0 bridgehead atoms. The van der Waals surface area contributed by atoms with Crippen molar-refractivity contribution in [2.45, 2.75) is 39.7 Å². The van der Waals surface area contributed by atoms with E-state index in [4.69, 9.17) is 5.73 Å². The van der Waals surface area contributed by atoms with Crippen LogP contribution < -0.4 is 5.73 Å². The van der Waals surface area contributed by atoms with E-state index in [9.17, 15) is 0 Å². The van der Waals surface area contributed by atoms with Crippen LogP contribution in [0.4, 0.5) is 0 Å². The van der Waals surface area contributed by atoms with Crippen LogP contribution in [0, 0.1) is 6.92 Å². The molecule has 0 aromatic carbocycles. The Morgan fingerprint density at radius 3 is 2.61 bits per heavy atom. The molecule has 0 aliphatic heterocycles. The van der Waals surface area contributed by atoms with Gasteiger partial charge in [-0.05, 0) is 19.1 Å². The van der Waals surface area contributed by atoms with E-state index in [1.165, 1.54) is 9.75 Å². The summed E-state index contributed by atoms with van der Waals surface area (Å²) in [6.07, 6.45) is 1.74. The Bertz CT molecular complexity index is 515. The van der Waals surface area contributed by atoms with Crippen molar-refractivity contribution in [3.05, 3.63) is 33.5 Å². The Morgan fingerprint density at radius 1 is 1.33 bits per heavy atom. The Morgan fingerprint density at radius 2 is 2.11 bits per heavy atom. The van der Waals surface area contributed by atoms with Crippen LogP contribution >= 0.6 is 11.3 Å². The minimum Gasteiger partial charge on any atom is -0.328 e. The first-order valence-electron chi connectivity index (χ1n) is 6.40. The van der Waals surface area contributed by atoms with Gasteiger partial charge in [-0.25, -0.2) is 9.67 Å². The number of rotatable bonds is 5. The van der Waals surface area contributed by atoms with E-state index in [1.54, 1.807) is 11.3 Å². The Balaban J connectivity index is 2.40. The highest BCUT2D eigenvalue weighted by molar-refractivity contribution is 7.12. The molecule has 0 saturated heterocycles. The van der Waals surface area contributed by atoms with Crippen LogP contribution in [0.5, 0.6) is 0 Å². The third-order valence-electron chi connectivity index (χ3n) is 2.99. The highest BCUT2D eigenvalue weighted by Gasteiger charge is 2.19. The van der Waals surface area contributed by atoms with Gasteiger partial charge in [-0.15, -0.1) is 11.3 Å². The van der Waals surface area contributed by atoms with Gasteiger partial charge in [0, 0.05) is 29.1 Å². The molecule has 1 atom stereocenters. The Kier molecular flexibility index (Phi) is 4.14. The van der Waals surface area contributed by atoms with Crippen LogP contribution in [0.25, 0.3) is 0 Å². The van der Waals surface area contributed by atoms with E-state index < -0.39 is 0 Å². The molecule has 0 fully saturated rings. The summed E-state index contributed by atoms with van der Waals surface area (Å²) in [6, 6.07) is 4.39. The average molecular weight is 264 g/mol. The first kappa shape index (κ1) is 13.2. The third kappa shape index (κ3) is 2.47. The number of thiophene rings is 1. The van der Waals surface area contributed by atoms with Gasteiger partial charge < -0.3 is 5.73 Å². The lowest BCUT2D eigenvalue weighted by Crippen LogP contribution is -2.22. The molecule has 0 aliphatic carbocycles. The molecule has 0 spiro atoms. The lowest BCUT2D eigenvalue weighted by molar-refractivity contribution is 0.512. The fourth-order valence-electron chi connectivity index (χ4n) is 2.01. The quantitative estimate of drug-likeness (QED) is 0.901. The number of nitrogens with two attached hydrogens (primary N) is 1. The fraction of sp³-hybridized carbons (Fsp3) is 0.538. The molecule has 0 aliphatic rings. The van der Waals surface area contributed by atoms with E-state index in [0.717, 1.165) is 24.5 Å². The molecule has 0 radical (unpaired) electrons. The maximum absolute atomic E-state index is 5.94. The third-order valence-corrected chi connectivity index (χ3v) is 4.09. The molecule has 2 heterocycles. The second kappa shape index (κ2) is 5.63. The number of hydrogen-bond donors (Lipinski definition) is 1. The Hall–Kier alpha value is -1.20. The van der Waals surface area contributed by atoms with Crippen LogP contribution in [0.15, 0.2) is 12.1 Å². The van der Waals surface area contributed by atoms with Crippen LogP contribution in [0.3, 0.4) is 0 Å². The minimum absolute atomic E-state index is 0.117. The summed E-state index contributed by atoms with van der Waals surface area (Å²) in [5.74, 6) is 1.92. The second-order valence-corrected chi connectivity index (χ2v) is 5.62. The van der Waals surface area contributed by atoms with Gasteiger partial charge in [0.1, 0.15) is 11.9 Å². The van der Waals surface area contributed by atoms with Gasteiger partial charge in [-0.3, -0.25) is 0 Å². The lowest BCUT2D eigenvalue weighted by atomic mass is 10.2. The molecule has 1 unspecified atom stereocenters. The van der Waals surface area contributed by atoms with Crippen molar-refractivity contribution in [1.82, 2.24) is 14.8 Å². The van der Waals surface area contributed by atoms with Crippen molar-refractivity contribution in [1.29, 1.82) is 0 Å². The standard InChI is InChI=1S/C13H20N4S/c1-4-12-15-13(5-2)17(16-12)10(8-14)11-7-6-9(3)18-11/h6-7,10H,4-5,8,14H2,1-3H3. The zero-order valence-electron chi connectivity index (χ0n) is 11.2.